The Labute approximate surface area is 106 Å². The van der Waals surface area contributed by atoms with E-state index in [1.54, 1.807) is 6.20 Å². The number of rotatable bonds is 2. The highest BCUT2D eigenvalue weighted by Gasteiger charge is 2.02. The number of nitrogens with zero attached hydrogens (tertiary/aromatic N) is 4. The van der Waals surface area contributed by atoms with Gasteiger partial charge in [-0.25, -0.2) is 4.98 Å². The van der Waals surface area contributed by atoms with Crippen LogP contribution >= 0.6 is 15.9 Å². The van der Waals surface area contributed by atoms with Gasteiger partial charge in [-0.15, -0.1) is 0 Å². The van der Waals surface area contributed by atoms with Gasteiger partial charge in [0.2, 0.25) is 0 Å². The molecule has 0 spiro atoms. The van der Waals surface area contributed by atoms with Crippen molar-refractivity contribution in [1.29, 1.82) is 0 Å². The third-order valence-electron chi connectivity index (χ3n) is 2.12. The van der Waals surface area contributed by atoms with Crippen LogP contribution < -0.4 is 0 Å². The van der Waals surface area contributed by atoms with Crippen molar-refractivity contribution in [3.05, 3.63) is 38.9 Å². The lowest BCUT2D eigenvalue weighted by atomic mass is 10.2. The van der Waals surface area contributed by atoms with Crippen molar-refractivity contribution in [2.45, 2.75) is 6.42 Å². The van der Waals surface area contributed by atoms with Crippen molar-refractivity contribution in [1.82, 2.24) is 9.97 Å². The molecular formula is C11H8BrN5. The summed E-state index contributed by atoms with van der Waals surface area (Å²) in [5.41, 5.74) is 9.82. The van der Waals surface area contributed by atoms with Gasteiger partial charge in [0.15, 0.2) is 0 Å². The smallest absolute Gasteiger partial charge is 0.138 e. The average molecular weight is 290 g/mol. The Morgan fingerprint density at radius 1 is 1.59 bits per heavy atom. The van der Waals surface area contributed by atoms with Gasteiger partial charge in [-0.3, -0.25) is 0 Å². The first kappa shape index (κ1) is 11.5. The Kier molecular flexibility index (Phi) is 3.66. The van der Waals surface area contributed by atoms with E-state index in [0.717, 1.165) is 21.1 Å². The molecule has 84 valence electrons. The van der Waals surface area contributed by atoms with Crippen molar-refractivity contribution < 1.29 is 0 Å². The molecule has 5 nitrogen and oxygen atoms in total. The molecule has 0 aliphatic carbocycles. The summed E-state index contributed by atoms with van der Waals surface area (Å²) in [6.07, 6.45) is 4.11. The fraction of sp³-hybridized carbons (Fsp3) is 0.182. The highest BCUT2D eigenvalue weighted by Crippen LogP contribution is 2.19. The van der Waals surface area contributed by atoms with E-state index in [1.807, 2.05) is 12.3 Å². The molecule has 1 N–H and O–H groups in total. The summed E-state index contributed by atoms with van der Waals surface area (Å²) in [5, 5.41) is 4.40. The highest BCUT2D eigenvalue weighted by atomic mass is 79.9. The number of aromatic amines is 1. The second-order valence-electron chi connectivity index (χ2n) is 3.26. The molecule has 2 aromatic rings. The lowest BCUT2D eigenvalue weighted by Crippen LogP contribution is -1.77. The molecule has 17 heavy (non-hydrogen) atoms. The molecule has 2 aromatic heterocycles. The summed E-state index contributed by atoms with van der Waals surface area (Å²) < 4.78 is 0.918. The van der Waals surface area contributed by atoms with Gasteiger partial charge in [-0.05, 0) is 27.5 Å². The molecule has 0 aromatic carbocycles. The molecule has 0 saturated carbocycles. The molecule has 0 unspecified atom stereocenters. The van der Waals surface area contributed by atoms with Crippen molar-refractivity contribution in [3.63, 3.8) is 0 Å². The summed E-state index contributed by atoms with van der Waals surface area (Å²) in [5.74, 6) is 5.98. The minimum absolute atomic E-state index is 0.397. The first-order valence-electron chi connectivity index (χ1n) is 4.93. The van der Waals surface area contributed by atoms with Crippen LogP contribution in [0.4, 0.5) is 0 Å². The Hall–Kier alpha value is -1.96. The zero-order chi connectivity index (χ0) is 12.1. The molecule has 0 radical (unpaired) electrons. The van der Waals surface area contributed by atoms with Gasteiger partial charge in [0.1, 0.15) is 5.65 Å². The molecule has 0 fully saturated rings. The van der Waals surface area contributed by atoms with Gasteiger partial charge in [-0.2, -0.15) is 0 Å². The lowest BCUT2D eigenvalue weighted by Gasteiger charge is -1.91. The number of halogens is 1. The topological polar surface area (TPSA) is 77.4 Å². The Morgan fingerprint density at radius 2 is 2.47 bits per heavy atom. The molecular weight excluding hydrogens is 282 g/mol. The second kappa shape index (κ2) is 5.39. The van der Waals surface area contributed by atoms with Gasteiger partial charge in [-0.1, -0.05) is 17.0 Å². The lowest BCUT2D eigenvalue weighted by molar-refractivity contribution is 1.01. The number of hydrogen-bond donors (Lipinski definition) is 1. The maximum absolute atomic E-state index is 8.11. The maximum atomic E-state index is 8.11. The number of H-pyrrole nitrogens is 1. The fourth-order valence-electron chi connectivity index (χ4n) is 1.39. The van der Waals surface area contributed by atoms with E-state index in [4.69, 9.17) is 5.53 Å². The summed E-state index contributed by atoms with van der Waals surface area (Å²) >= 11 is 3.37. The predicted octanol–water partition coefficient (Wildman–Crippen LogP) is 3.38. The molecule has 0 aliphatic heterocycles. The van der Waals surface area contributed by atoms with E-state index in [9.17, 15) is 0 Å². The first-order valence-corrected chi connectivity index (χ1v) is 5.73. The second-order valence-corrected chi connectivity index (χ2v) is 4.17. The van der Waals surface area contributed by atoms with Crippen molar-refractivity contribution >= 4 is 27.0 Å². The van der Waals surface area contributed by atoms with Crippen LogP contribution in [0.15, 0.2) is 28.0 Å². The fourth-order valence-corrected chi connectivity index (χ4v) is 1.72. The molecule has 0 saturated heterocycles. The van der Waals surface area contributed by atoms with E-state index >= 15 is 0 Å². The van der Waals surface area contributed by atoms with Gasteiger partial charge in [0, 0.05) is 40.1 Å². The van der Waals surface area contributed by atoms with Crippen LogP contribution in [0.1, 0.15) is 12.0 Å². The molecule has 0 bridgehead atoms. The highest BCUT2D eigenvalue weighted by molar-refractivity contribution is 9.10. The minimum atomic E-state index is 0.397. The van der Waals surface area contributed by atoms with Crippen molar-refractivity contribution in [2.75, 3.05) is 6.54 Å². The normalized spacial score (nSPS) is 9.47. The van der Waals surface area contributed by atoms with E-state index < -0.39 is 0 Å². The number of fused-ring (bicyclic) bond motifs is 1. The minimum Gasteiger partial charge on any atom is -0.345 e. The maximum Gasteiger partial charge on any atom is 0.138 e. The standard InChI is InChI=1S/C11H8BrN5/c12-9-5-10-8(3-1-2-4-16-17-13)6-14-11(10)15-7-9/h5-7H,2,4H2,(H,14,15). The quantitative estimate of drug-likeness (QED) is 0.297. The van der Waals surface area contributed by atoms with Gasteiger partial charge in [0.25, 0.3) is 0 Å². The molecule has 0 aliphatic rings. The zero-order valence-corrected chi connectivity index (χ0v) is 10.4. The van der Waals surface area contributed by atoms with Gasteiger partial charge in [0.05, 0.1) is 5.56 Å². The summed E-state index contributed by atoms with van der Waals surface area (Å²) in [6.45, 7) is 0.397. The number of aromatic nitrogens is 2. The van der Waals surface area contributed by atoms with Crippen LogP contribution in [0.25, 0.3) is 21.5 Å². The third kappa shape index (κ3) is 2.78. The summed E-state index contributed by atoms with van der Waals surface area (Å²) in [7, 11) is 0. The van der Waals surface area contributed by atoms with Crippen molar-refractivity contribution in [3.8, 4) is 11.8 Å². The number of azide groups is 1. The van der Waals surface area contributed by atoms with E-state index in [0.29, 0.717) is 13.0 Å². The number of hydrogen-bond acceptors (Lipinski definition) is 2. The molecule has 0 amide bonds. The summed E-state index contributed by atoms with van der Waals surface area (Å²) in [4.78, 5) is 9.94. The Bertz CT molecular complexity index is 643. The Balaban J connectivity index is 2.23. The summed E-state index contributed by atoms with van der Waals surface area (Å²) in [6, 6.07) is 1.97. The van der Waals surface area contributed by atoms with Crippen LogP contribution in [0, 0.1) is 11.8 Å². The van der Waals surface area contributed by atoms with E-state index in [2.05, 4.69) is 47.8 Å². The van der Waals surface area contributed by atoms with Crippen LogP contribution in [-0.2, 0) is 0 Å². The molecule has 2 heterocycles. The van der Waals surface area contributed by atoms with Crippen molar-refractivity contribution in [2.24, 2.45) is 5.11 Å². The molecule has 2 rings (SSSR count). The number of pyridine rings is 1. The molecule has 6 heteroatoms. The van der Waals surface area contributed by atoms with E-state index in [1.165, 1.54) is 0 Å². The average Bonchev–Trinajstić information content (AvgIpc) is 2.72. The first-order chi connectivity index (χ1) is 8.31. The van der Waals surface area contributed by atoms with Gasteiger partial charge < -0.3 is 4.98 Å². The SMILES string of the molecule is [N-]=[N+]=NCCC#Cc1c[nH]c2ncc(Br)cc12. The predicted molar refractivity (Wildman–Crippen MR) is 69.3 cm³/mol. The number of nitrogens with one attached hydrogen (secondary N) is 1. The third-order valence-corrected chi connectivity index (χ3v) is 2.55. The monoisotopic (exact) mass is 289 g/mol. The largest absolute Gasteiger partial charge is 0.345 e. The molecule has 0 atom stereocenters. The van der Waals surface area contributed by atoms with E-state index in [-0.39, 0.29) is 0 Å². The van der Waals surface area contributed by atoms with Crippen LogP contribution in [0.2, 0.25) is 0 Å². The van der Waals surface area contributed by atoms with Crippen LogP contribution in [0.3, 0.4) is 0 Å². The van der Waals surface area contributed by atoms with Gasteiger partial charge >= 0.3 is 0 Å². The van der Waals surface area contributed by atoms with Crippen LogP contribution in [-0.4, -0.2) is 16.5 Å². The zero-order valence-electron chi connectivity index (χ0n) is 8.81. The van der Waals surface area contributed by atoms with Crippen LogP contribution in [0.5, 0.6) is 0 Å². The Morgan fingerprint density at radius 3 is 3.29 bits per heavy atom.